The van der Waals surface area contributed by atoms with Crippen molar-refractivity contribution in [1.29, 1.82) is 0 Å². The maximum Gasteiger partial charge on any atom is 0.354 e. The summed E-state index contributed by atoms with van der Waals surface area (Å²) in [5.74, 6) is -0.984. The third-order valence-corrected chi connectivity index (χ3v) is 2.86. The van der Waals surface area contributed by atoms with Gasteiger partial charge in [-0.05, 0) is 12.2 Å². The first-order valence-electron chi connectivity index (χ1n) is 3.24. The highest BCUT2D eigenvalue weighted by Gasteiger charge is 2.28. The Bertz CT molecular complexity index is 345. The molecule has 62 valence electrons. The highest BCUT2D eigenvalue weighted by Crippen LogP contribution is 2.42. The van der Waals surface area contributed by atoms with Crippen LogP contribution in [0.1, 0.15) is 0 Å². The maximum atomic E-state index is 10.5. The fraction of sp³-hybridized carbons (Fsp3) is 0.143. The zero-order valence-corrected chi connectivity index (χ0v) is 7.39. The molecule has 0 saturated heterocycles. The molecule has 3 nitrogen and oxygen atoms in total. The van der Waals surface area contributed by atoms with E-state index in [2.05, 4.69) is 4.99 Å². The van der Waals surface area contributed by atoms with Gasteiger partial charge in [-0.25, -0.2) is 4.79 Å². The van der Waals surface area contributed by atoms with Crippen molar-refractivity contribution in [2.45, 2.75) is 6.04 Å². The third kappa shape index (κ3) is 1.17. The minimum Gasteiger partial charge on any atom is -0.477 e. The van der Waals surface area contributed by atoms with E-state index < -0.39 is 5.97 Å². The number of halogens is 1. The van der Waals surface area contributed by atoms with Gasteiger partial charge in [-0.3, -0.25) is 4.99 Å². The summed E-state index contributed by atoms with van der Waals surface area (Å²) in [6.45, 7) is 0. The second kappa shape index (κ2) is 2.64. The molecule has 12 heavy (non-hydrogen) atoms. The van der Waals surface area contributed by atoms with E-state index in [1.807, 2.05) is 0 Å². The van der Waals surface area contributed by atoms with Crippen LogP contribution < -0.4 is 0 Å². The van der Waals surface area contributed by atoms with E-state index in [1.54, 1.807) is 12.2 Å². The minimum atomic E-state index is -0.984. The minimum absolute atomic E-state index is 0.114. The van der Waals surface area contributed by atoms with Crippen molar-refractivity contribution >= 4 is 35.0 Å². The molecule has 1 unspecified atom stereocenters. The Labute approximate surface area is 77.8 Å². The standard InChI is InChI=1S/C7H4ClNO2S/c8-6-2-3-5(12-6)1-4(9-3)7(10)11/h1-3H,(H,10,11). The molecule has 1 atom stereocenters. The number of nitrogens with zero attached hydrogens (tertiary/aromatic N) is 1. The van der Waals surface area contributed by atoms with E-state index in [-0.39, 0.29) is 11.8 Å². The second-order valence-electron chi connectivity index (χ2n) is 2.38. The van der Waals surface area contributed by atoms with Crippen LogP contribution in [0.15, 0.2) is 26.4 Å². The van der Waals surface area contributed by atoms with E-state index in [0.29, 0.717) is 4.36 Å². The van der Waals surface area contributed by atoms with Gasteiger partial charge in [0.05, 0.1) is 4.36 Å². The highest BCUT2D eigenvalue weighted by atomic mass is 35.5. The lowest BCUT2D eigenvalue weighted by molar-refractivity contribution is -0.129. The molecule has 0 aromatic rings. The van der Waals surface area contributed by atoms with Gasteiger partial charge < -0.3 is 5.11 Å². The summed E-state index contributed by atoms with van der Waals surface area (Å²) in [7, 11) is 0. The van der Waals surface area contributed by atoms with Crippen LogP contribution in [0.2, 0.25) is 0 Å². The lowest BCUT2D eigenvalue weighted by Gasteiger charge is -1.93. The first-order valence-corrected chi connectivity index (χ1v) is 4.44. The molecule has 5 heteroatoms. The lowest BCUT2D eigenvalue weighted by Crippen LogP contribution is -2.08. The molecule has 0 aromatic heterocycles. The van der Waals surface area contributed by atoms with Gasteiger partial charge in [-0.1, -0.05) is 23.4 Å². The number of fused-ring (bicyclic) bond motifs is 1. The van der Waals surface area contributed by atoms with Gasteiger partial charge in [0, 0.05) is 4.91 Å². The molecule has 2 rings (SSSR count). The molecule has 2 heterocycles. The zero-order valence-electron chi connectivity index (χ0n) is 5.82. The molecule has 0 bridgehead atoms. The topological polar surface area (TPSA) is 49.7 Å². The fourth-order valence-corrected chi connectivity index (χ4v) is 2.29. The molecule has 2 aliphatic rings. The van der Waals surface area contributed by atoms with E-state index in [4.69, 9.17) is 16.7 Å². The number of aliphatic carboxylic acids is 1. The highest BCUT2D eigenvalue weighted by molar-refractivity contribution is 8.08. The van der Waals surface area contributed by atoms with E-state index in [1.165, 1.54) is 11.8 Å². The van der Waals surface area contributed by atoms with Crippen LogP contribution in [0.25, 0.3) is 0 Å². The average molecular weight is 202 g/mol. The van der Waals surface area contributed by atoms with Crippen molar-refractivity contribution < 1.29 is 9.90 Å². The number of thioether (sulfide) groups is 1. The Morgan fingerprint density at radius 2 is 2.50 bits per heavy atom. The predicted octanol–water partition coefficient (Wildman–Crippen LogP) is 1.61. The molecule has 0 aliphatic carbocycles. The summed E-state index contributed by atoms with van der Waals surface area (Å²) in [5, 5.41) is 8.60. The van der Waals surface area contributed by atoms with Crippen LogP contribution in [0.4, 0.5) is 0 Å². The molecular formula is C7H4ClNO2S. The molecule has 0 amide bonds. The van der Waals surface area contributed by atoms with Crippen LogP contribution >= 0.6 is 23.4 Å². The number of carbonyl (C=O) groups is 1. The van der Waals surface area contributed by atoms with Gasteiger partial charge >= 0.3 is 5.97 Å². The van der Waals surface area contributed by atoms with E-state index in [9.17, 15) is 4.79 Å². The SMILES string of the molecule is O=C(O)C1=NC2C=C(Cl)SC2=C1. The number of rotatable bonds is 1. The Hall–Kier alpha value is -0.740. The summed E-state index contributed by atoms with van der Waals surface area (Å²) < 4.78 is 0.666. The summed E-state index contributed by atoms with van der Waals surface area (Å²) in [4.78, 5) is 15.3. The van der Waals surface area contributed by atoms with Gasteiger partial charge in [0.1, 0.15) is 11.8 Å². The number of carboxylic acid groups (broad SMARTS) is 1. The quantitative estimate of drug-likeness (QED) is 0.701. The van der Waals surface area contributed by atoms with Gasteiger partial charge in [-0.15, -0.1) is 0 Å². The zero-order chi connectivity index (χ0) is 8.72. The van der Waals surface area contributed by atoms with Gasteiger partial charge in [0.25, 0.3) is 0 Å². The molecule has 0 fully saturated rings. The Morgan fingerprint density at radius 3 is 3.08 bits per heavy atom. The summed E-state index contributed by atoms with van der Waals surface area (Å²) in [5.41, 5.74) is 0.114. The van der Waals surface area contributed by atoms with Crippen molar-refractivity contribution in [3.63, 3.8) is 0 Å². The molecule has 0 aromatic carbocycles. The number of hydrogen-bond donors (Lipinski definition) is 1. The summed E-state index contributed by atoms with van der Waals surface area (Å²) in [6.07, 6.45) is 3.30. The summed E-state index contributed by atoms with van der Waals surface area (Å²) >= 11 is 7.08. The normalized spacial score (nSPS) is 26.1. The largest absolute Gasteiger partial charge is 0.477 e. The first-order chi connectivity index (χ1) is 5.66. The van der Waals surface area contributed by atoms with Crippen molar-refractivity contribution in [2.75, 3.05) is 0 Å². The van der Waals surface area contributed by atoms with Crippen molar-refractivity contribution in [1.82, 2.24) is 0 Å². The predicted molar refractivity (Wildman–Crippen MR) is 48.5 cm³/mol. The molecule has 0 radical (unpaired) electrons. The lowest BCUT2D eigenvalue weighted by atomic mass is 10.3. The Morgan fingerprint density at radius 1 is 1.75 bits per heavy atom. The Balaban J connectivity index is 2.30. The number of aliphatic imine (C=N–C) groups is 1. The molecule has 0 saturated carbocycles. The number of hydrogen-bond acceptors (Lipinski definition) is 3. The van der Waals surface area contributed by atoms with Crippen molar-refractivity contribution in [3.05, 3.63) is 21.4 Å². The van der Waals surface area contributed by atoms with Gasteiger partial charge in [-0.2, -0.15) is 0 Å². The summed E-state index contributed by atoms with van der Waals surface area (Å²) in [6, 6.07) is -0.145. The average Bonchev–Trinajstić information content (AvgIpc) is 2.42. The van der Waals surface area contributed by atoms with Crippen LogP contribution in [-0.2, 0) is 4.79 Å². The van der Waals surface area contributed by atoms with E-state index in [0.717, 1.165) is 4.91 Å². The molecule has 2 aliphatic heterocycles. The van der Waals surface area contributed by atoms with Crippen molar-refractivity contribution in [3.8, 4) is 0 Å². The van der Waals surface area contributed by atoms with Gasteiger partial charge in [0.2, 0.25) is 0 Å². The third-order valence-electron chi connectivity index (χ3n) is 1.57. The van der Waals surface area contributed by atoms with Crippen LogP contribution in [-0.4, -0.2) is 22.8 Å². The fourth-order valence-electron chi connectivity index (χ4n) is 1.07. The number of carboxylic acids is 1. The van der Waals surface area contributed by atoms with E-state index >= 15 is 0 Å². The first kappa shape index (κ1) is 7.89. The second-order valence-corrected chi connectivity index (χ2v) is 4.13. The maximum absolute atomic E-state index is 10.5. The molecule has 0 spiro atoms. The molecule has 1 N–H and O–H groups in total. The van der Waals surface area contributed by atoms with Crippen molar-refractivity contribution in [2.24, 2.45) is 4.99 Å². The van der Waals surface area contributed by atoms with Crippen LogP contribution in [0.5, 0.6) is 0 Å². The smallest absolute Gasteiger partial charge is 0.354 e. The van der Waals surface area contributed by atoms with Gasteiger partial charge in [0.15, 0.2) is 0 Å². The van der Waals surface area contributed by atoms with Crippen LogP contribution in [0, 0.1) is 0 Å². The molecular weight excluding hydrogens is 198 g/mol. The monoisotopic (exact) mass is 201 g/mol. The Kier molecular flexibility index (Phi) is 1.73. The van der Waals surface area contributed by atoms with Crippen LogP contribution in [0.3, 0.4) is 0 Å².